The summed E-state index contributed by atoms with van der Waals surface area (Å²) in [6, 6.07) is 15.2. The van der Waals surface area contributed by atoms with Crippen molar-refractivity contribution < 1.29 is 50.7 Å². The molecule has 3 aromatic rings. The minimum Gasteiger partial charge on any atom is -0.445 e. The predicted molar refractivity (Wildman–Crippen MR) is 204 cm³/mol. The summed E-state index contributed by atoms with van der Waals surface area (Å²) in [5.41, 5.74) is 16.6. The smallest absolute Gasteiger partial charge is 0.407 e. The quantitative estimate of drug-likeness (QED) is 0.0205. The lowest BCUT2D eigenvalue weighted by Gasteiger charge is -2.24. The van der Waals surface area contributed by atoms with Gasteiger partial charge < -0.3 is 37.9 Å². The number of nitrogens with zero attached hydrogens (tertiary/aromatic N) is 1. The van der Waals surface area contributed by atoms with E-state index in [9.17, 15) is 45.9 Å². The van der Waals surface area contributed by atoms with Crippen LogP contribution in [0.2, 0.25) is 0 Å². The second kappa shape index (κ2) is 23.2. The Kier molecular flexibility index (Phi) is 18.5. The van der Waals surface area contributed by atoms with Gasteiger partial charge in [-0.3, -0.25) is 24.2 Å². The monoisotopic (exact) mass is 817 g/mol. The number of benzene rings is 3. The summed E-state index contributed by atoms with van der Waals surface area (Å²) in [4.78, 5) is 69.2. The molecule has 4 atom stereocenters. The molecular formula is C40H48F5N7O6. The SMILES string of the molecule is C[C@@H](Cc1ccccc1)C(=O)N[C@H](CCCN=C(N)N)C(=O)C[C@@H](Cc1c(F)c(F)c(F)c(F)c1F)C(=O)N[C@@H](CCCCNC(=O)OCc1ccccc1)C(N)=O. The fourth-order valence-electron chi connectivity index (χ4n) is 5.92. The van der Waals surface area contributed by atoms with Crippen LogP contribution >= 0.6 is 0 Å². The Morgan fingerprint density at radius 2 is 1.24 bits per heavy atom. The molecule has 13 nitrogen and oxygen atoms in total. The van der Waals surface area contributed by atoms with Gasteiger partial charge in [-0.05, 0) is 56.1 Å². The minimum atomic E-state index is -2.42. The molecule has 58 heavy (non-hydrogen) atoms. The molecule has 0 aliphatic heterocycles. The minimum absolute atomic E-state index is 0.0373. The Morgan fingerprint density at radius 3 is 1.83 bits per heavy atom. The summed E-state index contributed by atoms with van der Waals surface area (Å²) in [6.45, 7) is 1.82. The average Bonchev–Trinajstić information content (AvgIpc) is 3.20. The highest BCUT2D eigenvalue weighted by Crippen LogP contribution is 2.27. The number of ether oxygens (including phenoxy) is 1. The summed E-state index contributed by atoms with van der Waals surface area (Å²) in [6.07, 6.45) is -1.93. The molecule has 0 aliphatic carbocycles. The van der Waals surface area contributed by atoms with Gasteiger partial charge >= 0.3 is 6.09 Å². The van der Waals surface area contributed by atoms with E-state index in [1.165, 1.54) is 0 Å². The van der Waals surface area contributed by atoms with E-state index in [4.69, 9.17) is 21.9 Å². The van der Waals surface area contributed by atoms with Gasteiger partial charge in [0.1, 0.15) is 12.6 Å². The average molecular weight is 818 g/mol. The van der Waals surface area contributed by atoms with E-state index in [-0.39, 0.29) is 57.8 Å². The van der Waals surface area contributed by atoms with Crippen molar-refractivity contribution >= 4 is 35.6 Å². The number of hydrogen-bond donors (Lipinski definition) is 6. The van der Waals surface area contributed by atoms with Gasteiger partial charge in [0, 0.05) is 36.9 Å². The van der Waals surface area contributed by atoms with Crippen LogP contribution in [-0.2, 0) is 43.4 Å². The van der Waals surface area contributed by atoms with Crippen molar-refractivity contribution in [3.8, 4) is 0 Å². The molecule has 0 aliphatic rings. The third-order valence-electron chi connectivity index (χ3n) is 9.11. The molecule has 0 radical (unpaired) electrons. The number of alkyl carbamates (subject to hydrolysis) is 1. The zero-order chi connectivity index (χ0) is 42.8. The standard InChI is InChI=1S/C40H48F5N7O6/c1-23(19-24-11-4-2-5-12-24)37(55)51-28(16-10-18-49-39(47)48)30(53)21-26(20-27-31(41)33(43)35(45)34(44)32(27)42)38(56)52-29(36(46)54)15-8-9-17-50-40(57)58-22-25-13-6-3-7-14-25/h2-7,11-14,23,26,28-29H,8-10,15-22H2,1H3,(H2,46,54)(H,50,57)(H,51,55)(H,52,56)(H4,47,48,49)/t23-,26+,28+,29-/m0/s1. The lowest BCUT2D eigenvalue weighted by molar-refractivity contribution is -0.134. The number of ketones is 1. The number of unbranched alkanes of at least 4 members (excludes halogenated alkanes) is 1. The molecule has 0 bridgehead atoms. The number of primary amides is 1. The number of nitrogens with two attached hydrogens (primary N) is 3. The Morgan fingerprint density at radius 1 is 0.690 bits per heavy atom. The first-order valence-electron chi connectivity index (χ1n) is 18.6. The second-order valence-electron chi connectivity index (χ2n) is 13.7. The summed E-state index contributed by atoms with van der Waals surface area (Å²) < 4.78 is 77.4. The molecule has 0 heterocycles. The van der Waals surface area contributed by atoms with Gasteiger partial charge in [0.2, 0.25) is 23.5 Å². The van der Waals surface area contributed by atoms with Crippen LogP contribution < -0.4 is 33.2 Å². The van der Waals surface area contributed by atoms with Crippen LogP contribution in [0.5, 0.6) is 0 Å². The number of amides is 4. The third-order valence-corrected chi connectivity index (χ3v) is 9.11. The Labute approximate surface area is 332 Å². The van der Waals surface area contributed by atoms with E-state index in [1.54, 1.807) is 49.4 Å². The number of rotatable bonds is 23. The van der Waals surface area contributed by atoms with Gasteiger partial charge in [-0.15, -0.1) is 0 Å². The van der Waals surface area contributed by atoms with E-state index in [0.717, 1.165) is 11.1 Å². The number of Topliss-reactive ketones (excluding diaryl/α,β-unsaturated/α-hetero) is 1. The van der Waals surface area contributed by atoms with Gasteiger partial charge in [-0.2, -0.15) is 0 Å². The highest BCUT2D eigenvalue weighted by Gasteiger charge is 2.34. The van der Waals surface area contributed by atoms with Crippen LogP contribution in [0.25, 0.3) is 0 Å². The van der Waals surface area contributed by atoms with E-state index in [0.29, 0.717) is 6.42 Å². The molecule has 3 aromatic carbocycles. The maximum atomic E-state index is 14.9. The van der Waals surface area contributed by atoms with Gasteiger partial charge in [0.15, 0.2) is 35.0 Å². The van der Waals surface area contributed by atoms with E-state index >= 15 is 0 Å². The summed E-state index contributed by atoms with van der Waals surface area (Å²) in [5, 5.41) is 7.52. The molecule has 3 rings (SSSR count). The lowest BCUT2D eigenvalue weighted by Crippen LogP contribution is -2.49. The highest BCUT2D eigenvalue weighted by atomic mass is 19.2. The van der Waals surface area contributed by atoms with Crippen LogP contribution in [0.4, 0.5) is 26.7 Å². The number of carbonyl (C=O) groups is 5. The Balaban J connectivity index is 1.78. The van der Waals surface area contributed by atoms with Crippen molar-refractivity contribution in [3.05, 3.63) is 106 Å². The van der Waals surface area contributed by atoms with Gasteiger partial charge in [-0.25, -0.2) is 26.7 Å². The van der Waals surface area contributed by atoms with Crippen LogP contribution in [0.3, 0.4) is 0 Å². The maximum Gasteiger partial charge on any atom is 0.407 e. The summed E-state index contributed by atoms with van der Waals surface area (Å²) in [7, 11) is 0. The first-order chi connectivity index (χ1) is 27.6. The zero-order valence-corrected chi connectivity index (χ0v) is 31.9. The number of carbonyl (C=O) groups excluding carboxylic acids is 5. The predicted octanol–water partition coefficient (Wildman–Crippen LogP) is 3.98. The second-order valence-corrected chi connectivity index (χ2v) is 13.7. The van der Waals surface area contributed by atoms with Crippen molar-refractivity contribution in [1.82, 2.24) is 16.0 Å². The number of hydrogen-bond acceptors (Lipinski definition) is 7. The molecule has 0 saturated carbocycles. The van der Waals surface area contributed by atoms with Gasteiger partial charge in [0.25, 0.3) is 0 Å². The zero-order valence-electron chi connectivity index (χ0n) is 31.9. The van der Waals surface area contributed by atoms with E-state index < -0.39 is 101 Å². The molecular weight excluding hydrogens is 769 g/mol. The number of halogens is 5. The molecule has 0 unspecified atom stereocenters. The largest absolute Gasteiger partial charge is 0.445 e. The van der Waals surface area contributed by atoms with Crippen LogP contribution in [0, 0.1) is 40.9 Å². The van der Waals surface area contributed by atoms with Crippen molar-refractivity contribution in [3.63, 3.8) is 0 Å². The Hall–Kier alpha value is -6.07. The molecule has 9 N–H and O–H groups in total. The normalized spacial score (nSPS) is 13.0. The van der Waals surface area contributed by atoms with Crippen LogP contribution in [0.15, 0.2) is 65.7 Å². The van der Waals surface area contributed by atoms with E-state index in [2.05, 4.69) is 20.9 Å². The first kappa shape index (κ1) is 46.3. The molecule has 0 aromatic heterocycles. The van der Waals surface area contributed by atoms with Crippen LogP contribution in [0.1, 0.15) is 62.1 Å². The van der Waals surface area contributed by atoms with Crippen molar-refractivity contribution in [2.75, 3.05) is 13.1 Å². The van der Waals surface area contributed by atoms with Gasteiger partial charge in [-0.1, -0.05) is 67.6 Å². The maximum absolute atomic E-state index is 14.9. The van der Waals surface area contributed by atoms with E-state index in [1.807, 2.05) is 18.2 Å². The van der Waals surface area contributed by atoms with Crippen molar-refractivity contribution in [1.29, 1.82) is 0 Å². The third kappa shape index (κ3) is 14.8. The number of guanidine groups is 1. The highest BCUT2D eigenvalue weighted by molar-refractivity contribution is 5.94. The summed E-state index contributed by atoms with van der Waals surface area (Å²) in [5.74, 6) is -17.6. The number of aliphatic imine (C=N–C) groups is 1. The number of nitrogens with one attached hydrogen (secondary N) is 3. The molecule has 0 saturated heterocycles. The lowest BCUT2D eigenvalue weighted by atomic mass is 9.89. The molecule has 314 valence electrons. The topological polar surface area (TPSA) is 221 Å². The molecule has 0 spiro atoms. The molecule has 18 heteroatoms. The first-order valence-corrected chi connectivity index (χ1v) is 18.6. The van der Waals surface area contributed by atoms with Crippen LogP contribution in [-0.4, -0.2) is 60.7 Å². The molecule has 0 fully saturated rings. The fourth-order valence-corrected chi connectivity index (χ4v) is 5.92. The molecule has 4 amide bonds. The van der Waals surface area contributed by atoms with Crippen molar-refractivity contribution in [2.45, 2.75) is 77.0 Å². The fraction of sp³-hybridized carbons (Fsp3) is 0.400. The van der Waals surface area contributed by atoms with Gasteiger partial charge in [0.05, 0.1) is 6.04 Å². The summed E-state index contributed by atoms with van der Waals surface area (Å²) >= 11 is 0. The van der Waals surface area contributed by atoms with Crippen molar-refractivity contribution in [2.24, 2.45) is 34.0 Å². The Bertz CT molecular complexity index is 1870.